The van der Waals surface area contributed by atoms with E-state index in [1.807, 2.05) is 24.3 Å². The summed E-state index contributed by atoms with van der Waals surface area (Å²) in [5.41, 5.74) is 2.95. The number of benzene rings is 2. The molecular formula is C21H20N4O3. The lowest BCUT2D eigenvalue weighted by Crippen LogP contribution is -2.17. The number of anilines is 3. The zero-order valence-corrected chi connectivity index (χ0v) is 15.4. The van der Waals surface area contributed by atoms with Crippen molar-refractivity contribution in [3.05, 3.63) is 66.0 Å². The Hall–Kier alpha value is -3.61. The molecule has 3 aromatic rings. The third-order valence-corrected chi connectivity index (χ3v) is 4.33. The van der Waals surface area contributed by atoms with E-state index in [1.165, 1.54) is 0 Å². The molecule has 7 heteroatoms. The van der Waals surface area contributed by atoms with Crippen LogP contribution in [0.2, 0.25) is 0 Å². The number of hydrogen-bond donors (Lipinski definition) is 2. The molecule has 0 atom stereocenters. The number of aromatic nitrogens is 2. The second kappa shape index (κ2) is 7.96. The van der Waals surface area contributed by atoms with Crippen molar-refractivity contribution in [3.63, 3.8) is 0 Å². The third kappa shape index (κ3) is 3.88. The number of amides is 1. The van der Waals surface area contributed by atoms with Gasteiger partial charge in [-0.3, -0.25) is 4.79 Å². The molecule has 7 nitrogen and oxygen atoms in total. The van der Waals surface area contributed by atoms with Crippen LogP contribution in [-0.4, -0.2) is 29.1 Å². The molecule has 0 aliphatic carbocycles. The number of carbonyl (C=O) groups is 1. The molecule has 2 heterocycles. The molecule has 0 fully saturated rings. The van der Waals surface area contributed by atoms with Crippen molar-refractivity contribution in [3.8, 4) is 11.5 Å². The van der Waals surface area contributed by atoms with Gasteiger partial charge in [0.15, 0.2) is 11.5 Å². The summed E-state index contributed by atoms with van der Waals surface area (Å²) in [7, 11) is 0. The highest BCUT2D eigenvalue weighted by Gasteiger charge is 2.14. The molecule has 1 aliphatic heterocycles. The first-order valence-corrected chi connectivity index (χ1v) is 9.12. The van der Waals surface area contributed by atoms with Gasteiger partial charge in [-0.15, -0.1) is 0 Å². The molecule has 0 unspecified atom stereocenters. The molecule has 2 N–H and O–H groups in total. The van der Waals surface area contributed by atoms with Gasteiger partial charge in [-0.2, -0.15) is 0 Å². The highest BCUT2D eigenvalue weighted by atomic mass is 16.6. The quantitative estimate of drug-likeness (QED) is 0.704. The average Bonchev–Trinajstić information content (AvgIpc) is 2.74. The van der Waals surface area contributed by atoms with Crippen LogP contribution >= 0.6 is 0 Å². The molecule has 1 amide bonds. The van der Waals surface area contributed by atoms with E-state index >= 15 is 0 Å². The van der Waals surface area contributed by atoms with Crippen LogP contribution in [0, 0.1) is 0 Å². The van der Waals surface area contributed by atoms with Crippen molar-refractivity contribution in [1.29, 1.82) is 0 Å². The third-order valence-electron chi connectivity index (χ3n) is 4.33. The van der Waals surface area contributed by atoms with Gasteiger partial charge in [0, 0.05) is 23.6 Å². The monoisotopic (exact) mass is 376 g/mol. The molecular weight excluding hydrogens is 356 g/mol. The number of rotatable bonds is 5. The predicted octanol–water partition coefficient (Wildman–Crippen LogP) is 3.81. The number of aryl methyl sites for hydroxylation is 1. The minimum Gasteiger partial charge on any atom is -0.486 e. The Morgan fingerprint density at radius 2 is 1.89 bits per heavy atom. The lowest BCUT2D eigenvalue weighted by Gasteiger charge is -2.19. The number of fused-ring (bicyclic) bond motifs is 1. The Labute approximate surface area is 162 Å². The number of hydrogen-bond acceptors (Lipinski definition) is 6. The van der Waals surface area contributed by atoms with Crippen molar-refractivity contribution < 1.29 is 14.3 Å². The second-order valence-corrected chi connectivity index (χ2v) is 6.21. The van der Waals surface area contributed by atoms with E-state index in [4.69, 9.17) is 9.47 Å². The standard InChI is InChI=1S/C21H20N4O3/c1-2-14-5-3-4-6-16(14)24-21-22-10-9-17(25-21)20(26)23-15-7-8-18-19(13-15)28-12-11-27-18/h3-10,13H,2,11-12H2,1H3,(H,23,26)(H,22,24,25). The fraction of sp³-hybridized carbons (Fsp3) is 0.190. The highest BCUT2D eigenvalue weighted by Crippen LogP contribution is 2.32. The van der Waals surface area contributed by atoms with Gasteiger partial charge in [-0.25, -0.2) is 9.97 Å². The number of ether oxygens (including phenoxy) is 2. The van der Waals surface area contributed by atoms with Crippen LogP contribution in [0.25, 0.3) is 0 Å². The molecule has 0 radical (unpaired) electrons. The predicted molar refractivity (Wildman–Crippen MR) is 107 cm³/mol. The summed E-state index contributed by atoms with van der Waals surface area (Å²) in [6.07, 6.45) is 2.44. The Bertz CT molecular complexity index is 1010. The van der Waals surface area contributed by atoms with E-state index < -0.39 is 0 Å². The SMILES string of the molecule is CCc1ccccc1Nc1nccc(C(=O)Nc2ccc3c(c2)OCCO3)n1. The second-order valence-electron chi connectivity index (χ2n) is 6.21. The van der Waals surface area contributed by atoms with Crippen molar-refractivity contribution >= 4 is 23.2 Å². The summed E-state index contributed by atoms with van der Waals surface area (Å²) in [6.45, 7) is 3.10. The van der Waals surface area contributed by atoms with E-state index in [0.717, 1.165) is 17.7 Å². The summed E-state index contributed by atoms with van der Waals surface area (Å²) >= 11 is 0. The molecule has 1 aromatic heterocycles. The zero-order valence-electron chi connectivity index (χ0n) is 15.4. The topological polar surface area (TPSA) is 85.4 Å². The van der Waals surface area contributed by atoms with E-state index in [0.29, 0.717) is 36.3 Å². The summed E-state index contributed by atoms with van der Waals surface area (Å²) in [5.74, 6) is 1.33. The van der Waals surface area contributed by atoms with Crippen LogP contribution in [0.5, 0.6) is 11.5 Å². The first-order chi connectivity index (χ1) is 13.7. The van der Waals surface area contributed by atoms with Gasteiger partial charge < -0.3 is 20.1 Å². The molecule has 1 aliphatic rings. The number of para-hydroxylation sites is 1. The van der Waals surface area contributed by atoms with E-state index in [2.05, 4.69) is 27.5 Å². The smallest absolute Gasteiger partial charge is 0.274 e. The van der Waals surface area contributed by atoms with Crippen LogP contribution in [0.15, 0.2) is 54.7 Å². The Morgan fingerprint density at radius 3 is 2.75 bits per heavy atom. The van der Waals surface area contributed by atoms with Crippen molar-refractivity contribution in [2.24, 2.45) is 0 Å². The molecule has 4 rings (SSSR count). The number of nitrogens with one attached hydrogen (secondary N) is 2. The highest BCUT2D eigenvalue weighted by molar-refractivity contribution is 6.03. The van der Waals surface area contributed by atoms with Gasteiger partial charge in [-0.1, -0.05) is 25.1 Å². The fourth-order valence-electron chi connectivity index (χ4n) is 2.93. The maximum Gasteiger partial charge on any atom is 0.274 e. The lowest BCUT2D eigenvalue weighted by atomic mass is 10.1. The molecule has 2 aromatic carbocycles. The molecule has 28 heavy (non-hydrogen) atoms. The van der Waals surface area contributed by atoms with Crippen LogP contribution in [-0.2, 0) is 6.42 Å². The maximum atomic E-state index is 12.6. The van der Waals surface area contributed by atoms with Crippen LogP contribution in [0.3, 0.4) is 0 Å². The fourth-order valence-corrected chi connectivity index (χ4v) is 2.93. The number of nitrogens with zero attached hydrogens (tertiary/aromatic N) is 2. The van der Waals surface area contributed by atoms with Gasteiger partial charge in [0.2, 0.25) is 5.95 Å². The number of carbonyl (C=O) groups excluding carboxylic acids is 1. The maximum absolute atomic E-state index is 12.6. The lowest BCUT2D eigenvalue weighted by molar-refractivity contribution is 0.102. The van der Waals surface area contributed by atoms with Gasteiger partial charge in [0.05, 0.1) is 0 Å². The summed E-state index contributed by atoms with van der Waals surface area (Å²) in [5, 5.41) is 6.01. The van der Waals surface area contributed by atoms with Crippen LogP contribution < -0.4 is 20.1 Å². The summed E-state index contributed by atoms with van der Waals surface area (Å²) in [4.78, 5) is 21.2. The van der Waals surface area contributed by atoms with Crippen molar-refractivity contribution in [2.45, 2.75) is 13.3 Å². The molecule has 0 saturated heterocycles. The first-order valence-electron chi connectivity index (χ1n) is 9.12. The minimum absolute atomic E-state index is 0.265. The summed E-state index contributed by atoms with van der Waals surface area (Å²) in [6, 6.07) is 14.8. The molecule has 0 saturated carbocycles. The van der Waals surface area contributed by atoms with Gasteiger partial charge >= 0.3 is 0 Å². The molecule has 142 valence electrons. The minimum atomic E-state index is -0.328. The average molecular weight is 376 g/mol. The zero-order chi connectivity index (χ0) is 19.3. The van der Waals surface area contributed by atoms with Gasteiger partial charge in [0.25, 0.3) is 5.91 Å². The van der Waals surface area contributed by atoms with E-state index in [1.54, 1.807) is 30.5 Å². The summed E-state index contributed by atoms with van der Waals surface area (Å²) < 4.78 is 11.0. The van der Waals surface area contributed by atoms with Gasteiger partial charge in [-0.05, 0) is 36.2 Å². The van der Waals surface area contributed by atoms with Crippen molar-refractivity contribution in [2.75, 3.05) is 23.8 Å². The largest absolute Gasteiger partial charge is 0.486 e. The Balaban J connectivity index is 1.50. The van der Waals surface area contributed by atoms with E-state index in [9.17, 15) is 4.79 Å². The van der Waals surface area contributed by atoms with Crippen LogP contribution in [0.1, 0.15) is 23.0 Å². The van der Waals surface area contributed by atoms with Crippen molar-refractivity contribution in [1.82, 2.24) is 9.97 Å². The molecule has 0 spiro atoms. The van der Waals surface area contributed by atoms with Gasteiger partial charge in [0.1, 0.15) is 18.9 Å². The Morgan fingerprint density at radius 1 is 1.07 bits per heavy atom. The first kappa shape index (κ1) is 17.8. The van der Waals surface area contributed by atoms with E-state index in [-0.39, 0.29) is 11.6 Å². The van der Waals surface area contributed by atoms with Crippen LogP contribution in [0.4, 0.5) is 17.3 Å². The Kier molecular flexibility index (Phi) is 5.05. The normalized spacial score (nSPS) is 12.3. The molecule has 0 bridgehead atoms.